The summed E-state index contributed by atoms with van der Waals surface area (Å²) in [6.45, 7) is 6.39. The smallest absolute Gasteiger partial charge is 0.335 e. The summed E-state index contributed by atoms with van der Waals surface area (Å²) in [5, 5.41) is 10.3. The maximum atomic E-state index is 11.5. The minimum Gasteiger partial charge on any atom is -0.478 e. The first kappa shape index (κ1) is 21.2. The third kappa shape index (κ3) is 3.84. The molecule has 0 unspecified atom stereocenters. The SMILES string of the molecule is C[C@H]1COCCN1c1nc(N2CCOC3(CC3)C2)nc2nc(-c3cccc(C(=O)O)c3)ccc12. The minimum absolute atomic E-state index is 0.0461. The van der Waals surface area contributed by atoms with Crippen molar-refractivity contribution < 1.29 is 19.4 Å². The molecule has 3 aromatic rings. The van der Waals surface area contributed by atoms with E-state index in [0.717, 1.165) is 49.2 Å². The van der Waals surface area contributed by atoms with Gasteiger partial charge in [0.15, 0.2) is 5.65 Å². The number of morpholine rings is 2. The maximum Gasteiger partial charge on any atom is 0.335 e. The van der Waals surface area contributed by atoms with Gasteiger partial charge in [-0.2, -0.15) is 9.97 Å². The molecule has 0 bridgehead atoms. The van der Waals surface area contributed by atoms with Crippen molar-refractivity contribution in [3.05, 3.63) is 42.0 Å². The predicted octanol–water partition coefficient (Wildman–Crippen LogP) is 2.98. The normalized spacial score (nSPS) is 21.7. The molecule has 4 heterocycles. The van der Waals surface area contributed by atoms with Crippen molar-refractivity contribution in [2.45, 2.75) is 31.4 Å². The number of nitrogens with zero attached hydrogens (tertiary/aromatic N) is 5. The number of benzene rings is 1. The van der Waals surface area contributed by atoms with Gasteiger partial charge in [-0.3, -0.25) is 0 Å². The van der Waals surface area contributed by atoms with Gasteiger partial charge in [0.1, 0.15) is 5.82 Å². The Morgan fingerprint density at radius 2 is 2.00 bits per heavy atom. The number of rotatable bonds is 4. The first-order chi connectivity index (χ1) is 16.5. The zero-order valence-corrected chi connectivity index (χ0v) is 19.1. The monoisotopic (exact) mass is 461 g/mol. The van der Waals surface area contributed by atoms with Gasteiger partial charge in [0, 0.05) is 25.2 Å². The Bertz CT molecular complexity index is 1260. The van der Waals surface area contributed by atoms with E-state index in [2.05, 4.69) is 16.7 Å². The number of pyridine rings is 1. The zero-order chi connectivity index (χ0) is 23.3. The first-order valence-electron chi connectivity index (χ1n) is 11.8. The number of aromatic carboxylic acids is 1. The van der Waals surface area contributed by atoms with Crippen LogP contribution in [0.3, 0.4) is 0 Å². The van der Waals surface area contributed by atoms with Gasteiger partial charge in [-0.25, -0.2) is 9.78 Å². The molecule has 0 amide bonds. The molecule has 1 spiro atoms. The summed E-state index contributed by atoms with van der Waals surface area (Å²) in [4.78, 5) is 30.7. The topological polar surface area (TPSA) is 101 Å². The number of carbonyl (C=O) groups is 1. The van der Waals surface area contributed by atoms with Gasteiger partial charge in [-0.05, 0) is 44.0 Å². The van der Waals surface area contributed by atoms with Gasteiger partial charge in [0.2, 0.25) is 5.95 Å². The van der Waals surface area contributed by atoms with Crippen molar-refractivity contribution in [1.29, 1.82) is 0 Å². The van der Waals surface area contributed by atoms with E-state index in [0.29, 0.717) is 37.1 Å². The lowest BCUT2D eigenvalue weighted by atomic mass is 10.1. The van der Waals surface area contributed by atoms with Gasteiger partial charge in [0.25, 0.3) is 0 Å². The van der Waals surface area contributed by atoms with Crippen LogP contribution in [0.25, 0.3) is 22.3 Å². The van der Waals surface area contributed by atoms with Crippen LogP contribution in [0.1, 0.15) is 30.1 Å². The molecule has 1 saturated carbocycles. The van der Waals surface area contributed by atoms with Crippen molar-refractivity contribution in [3.63, 3.8) is 0 Å². The van der Waals surface area contributed by atoms with Crippen LogP contribution in [0.4, 0.5) is 11.8 Å². The third-order valence-electron chi connectivity index (χ3n) is 6.91. The molecule has 9 nitrogen and oxygen atoms in total. The van der Waals surface area contributed by atoms with Gasteiger partial charge in [-0.15, -0.1) is 0 Å². The maximum absolute atomic E-state index is 11.5. The Hall–Kier alpha value is -3.30. The van der Waals surface area contributed by atoms with Crippen LogP contribution < -0.4 is 9.80 Å². The van der Waals surface area contributed by atoms with Gasteiger partial charge >= 0.3 is 5.97 Å². The Labute approximate surface area is 197 Å². The van der Waals surface area contributed by atoms with Crippen LogP contribution >= 0.6 is 0 Å². The number of carboxylic acids is 1. The Kier molecular flexibility index (Phi) is 5.11. The molecule has 1 aromatic carbocycles. The average molecular weight is 462 g/mol. The molecular weight excluding hydrogens is 434 g/mol. The van der Waals surface area contributed by atoms with Gasteiger partial charge in [0.05, 0.1) is 48.1 Å². The molecule has 0 radical (unpaired) electrons. The van der Waals surface area contributed by atoms with Crippen molar-refractivity contribution in [2.24, 2.45) is 0 Å². The van der Waals surface area contributed by atoms with Crippen molar-refractivity contribution >= 4 is 28.8 Å². The minimum atomic E-state index is -0.961. The highest BCUT2D eigenvalue weighted by Gasteiger charge is 2.48. The molecule has 1 atom stereocenters. The lowest BCUT2D eigenvalue weighted by Crippen LogP contribution is -2.46. The molecule has 2 aliphatic heterocycles. The zero-order valence-electron chi connectivity index (χ0n) is 19.1. The van der Waals surface area contributed by atoms with E-state index in [1.165, 1.54) is 0 Å². The molecule has 3 aliphatic rings. The Morgan fingerprint density at radius 3 is 2.79 bits per heavy atom. The fraction of sp³-hybridized carbons (Fsp3) is 0.440. The summed E-state index contributed by atoms with van der Waals surface area (Å²) < 4.78 is 11.7. The van der Waals surface area contributed by atoms with Crippen LogP contribution in [-0.4, -0.2) is 77.1 Å². The fourth-order valence-corrected chi connectivity index (χ4v) is 4.81. The van der Waals surface area contributed by atoms with Crippen LogP contribution in [-0.2, 0) is 9.47 Å². The summed E-state index contributed by atoms with van der Waals surface area (Å²) in [6.07, 6.45) is 2.15. The van der Waals surface area contributed by atoms with E-state index in [9.17, 15) is 9.90 Å². The average Bonchev–Trinajstić information content (AvgIpc) is 3.61. The molecule has 2 aromatic heterocycles. The Balaban J connectivity index is 1.47. The number of carboxylic acid groups (broad SMARTS) is 1. The quantitative estimate of drug-likeness (QED) is 0.628. The van der Waals surface area contributed by atoms with E-state index in [4.69, 9.17) is 24.4 Å². The first-order valence-corrected chi connectivity index (χ1v) is 11.8. The predicted molar refractivity (Wildman–Crippen MR) is 127 cm³/mol. The van der Waals surface area contributed by atoms with Crippen molar-refractivity contribution in [2.75, 3.05) is 49.3 Å². The molecule has 1 aliphatic carbocycles. The molecule has 9 heteroatoms. The number of ether oxygens (including phenoxy) is 2. The molecule has 34 heavy (non-hydrogen) atoms. The number of fused-ring (bicyclic) bond motifs is 1. The van der Waals surface area contributed by atoms with Gasteiger partial charge in [-0.1, -0.05) is 12.1 Å². The number of hydrogen-bond acceptors (Lipinski definition) is 8. The third-order valence-corrected chi connectivity index (χ3v) is 6.91. The molecule has 2 saturated heterocycles. The molecule has 6 rings (SSSR count). The highest BCUT2D eigenvalue weighted by molar-refractivity contribution is 5.91. The van der Waals surface area contributed by atoms with Crippen LogP contribution in [0.2, 0.25) is 0 Å². The van der Waals surface area contributed by atoms with E-state index >= 15 is 0 Å². The summed E-state index contributed by atoms with van der Waals surface area (Å²) in [7, 11) is 0. The molecular formula is C25H27N5O4. The lowest BCUT2D eigenvalue weighted by molar-refractivity contribution is 0.0201. The van der Waals surface area contributed by atoms with E-state index in [1.807, 2.05) is 18.2 Å². The van der Waals surface area contributed by atoms with E-state index in [-0.39, 0.29) is 17.2 Å². The van der Waals surface area contributed by atoms with E-state index < -0.39 is 5.97 Å². The largest absolute Gasteiger partial charge is 0.478 e. The number of aromatic nitrogens is 3. The standard InChI is InChI=1S/C25H27N5O4/c1-16-14-33-11-10-30(16)22-19-5-6-20(17-3-2-4-18(13-17)23(31)32)26-21(19)27-24(28-22)29-9-12-34-25(15-29)7-8-25/h2-6,13,16H,7-12,14-15H2,1H3,(H,31,32)/t16-/m0/s1. The highest BCUT2D eigenvalue weighted by Crippen LogP contribution is 2.43. The summed E-state index contributed by atoms with van der Waals surface area (Å²) >= 11 is 0. The molecule has 3 fully saturated rings. The summed E-state index contributed by atoms with van der Waals surface area (Å²) in [6, 6.07) is 10.9. The second-order valence-corrected chi connectivity index (χ2v) is 9.37. The van der Waals surface area contributed by atoms with Crippen LogP contribution in [0.15, 0.2) is 36.4 Å². The van der Waals surface area contributed by atoms with Crippen LogP contribution in [0, 0.1) is 0 Å². The second-order valence-electron chi connectivity index (χ2n) is 9.37. The molecule has 1 N–H and O–H groups in total. The lowest BCUT2D eigenvalue weighted by Gasteiger charge is -2.36. The van der Waals surface area contributed by atoms with Gasteiger partial charge < -0.3 is 24.4 Å². The van der Waals surface area contributed by atoms with Crippen molar-refractivity contribution in [3.8, 4) is 11.3 Å². The van der Waals surface area contributed by atoms with Crippen LogP contribution in [0.5, 0.6) is 0 Å². The fourth-order valence-electron chi connectivity index (χ4n) is 4.81. The number of anilines is 2. The summed E-state index contributed by atoms with van der Waals surface area (Å²) in [5.74, 6) is 0.572. The second kappa shape index (κ2) is 8.18. The molecule has 176 valence electrons. The van der Waals surface area contributed by atoms with E-state index in [1.54, 1.807) is 18.2 Å². The number of hydrogen-bond donors (Lipinski definition) is 1. The Morgan fingerprint density at radius 1 is 1.12 bits per heavy atom. The highest BCUT2D eigenvalue weighted by atomic mass is 16.5. The van der Waals surface area contributed by atoms with Crippen molar-refractivity contribution in [1.82, 2.24) is 15.0 Å². The summed E-state index contributed by atoms with van der Waals surface area (Å²) in [5.41, 5.74) is 2.21.